The highest BCUT2D eigenvalue weighted by atomic mass is 19.1. The number of carbonyl (C=O) groups is 2. The summed E-state index contributed by atoms with van der Waals surface area (Å²) in [6.45, 7) is 2.44. The normalized spacial score (nSPS) is 12.2. The van der Waals surface area contributed by atoms with Crippen LogP contribution in [0.5, 0.6) is 0 Å². The SMILES string of the molecule is CC(C)c1c(C(=O)NC(CF)C(=O)O)cnn1-c1ccc(F)cc1. The van der Waals surface area contributed by atoms with Crippen LogP contribution in [0.3, 0.4) is 0 Å². The summed E-state index contributed by atoms with van der Waals surface area (Å²) in [5.41, 5.74) is 1.22. The lowest BCUT2D eigenvalue weighted by Gasteiger charge is -2.14. The highest BCUT2D eigenvalue weighted by Gasteiger charge is 2.25. The van der Waals surface area contributed by atoms with E-state index in [9.17, 15) is 18.4 Å². The quantitative estimate of drug-likeness (QED) is 0.847. The number of aromatic nitrogens is 2. The Morgan fingerprint density at radius 1 is 1.29 bits per heavy atom. The molecule has 0 aliphatic carbocycles. The number of benzene rings is 1. The van der Waals surface area contributed by atoms with Crippen LogP contribution >= 0.6 is 0 Å². The maximum atomic E-state index is 13.1. The second-order valence-electron chi connectivity index (χ2n) is 5.50. The summed E-state index contributed by atoms with van der Waals surface area (Å²) in [4.78, 5) is 23.2. The summed E-state index contributed by atoms with van der Waals surface area (Å²) in [6.07, 6.45) is 1.28. The standard InChI is InChI=1S/C16H17F2N3O3/c1-9(2)14-12(15(22)20-13(7-17)16(23)24)8-19-21(14)11-5-3-10(18)4-6-11/h3-6,8-9,13H,7H2,1-2H3,(H,20,22)(H,23,24). The molecule has 2 aromatic rings. The molecule has 0 fully saturated rings. The predicted octanol–water partition coefficient (Wildman–Crippen LogP) is 2.29. The summed E-state index contributed by atoms with van der Waals surface area (Å²) in [6, 6.07) is 3.94. The van der Waals surface area contributed by atoms with Crippen molar-refractivity contribution in [1.29, 1.82) is 0 Å². The Balaban J connectivity index is 2.39. The number of carbonyl (C=O) groups excluding carboxylic acids is 1. The van der Waals surface area contributed by atoms with Crippen molar-refractivity contribution >= 4 is 11.9 Å². The van der Waals surface area contributed by atoms with E-state index in [1.54, 1.807) is 0 Å². The number of hydrogen-bond donors (Lipinski definition) is 2. The van der Waals surface area contributed by atoms with E-state index in [0.717, 1.165) is 0 Å². The number of hydrogen-bond acceptors (Lipinski definition) is 3. The van der Waals surface area contributed by atoms with Crippen molar-refractivity contribution in [3.05, 3.63) is 47.5 Å². The molecular formula is C16H17F2N3O3. The molecule has 1 atom stereocenters. The third-order valence-corrected chi connectivity index (χ3v) is 3.43. The van der Waals surface area contributed by atoms with E-state index in [-0.39, 0.29) is 11.5 Å². The molecule has 8 heteroatoms. The van der Waals surface area contributed by atoms with Crippen LogP contribution in [0.15, 0.2) is 30.5 Å². The van der Waals surface area contributed by atoms with Gasteiger partial charge in [-0.25, -0.2) is 18.3 Å². The molecule has 24 heavy (non-hydrogen) atoms. The highest BCUT2D eigenvalue weighted by molar-refractivity contribution is 5.97. The first-order chi connectivity index (χ1) is 11.3. The fourth-order valence-corrected chi connectivity index (χ4v) is 2.28. The highest BCUT2D eigenvalue weighted by Crippen LogP contribution is 2.23. The van der Waals surface area contributed by atoms with Gasteiger partial charge in [0.1, 0.15) is 12.5 Å². The molecule has 0 aliphatic heterocycles. The van der Waals surface area contributed by atoms with Gasteiger partial charge in [0.25, 0.3) is 5.91 Å². The second-order valence-corrected chi connectivity index (χ2v) is 5.50. The van der Waals surface area contributed by atoms with E-state index in [2.05, 4.69) is 10.4 Å². The second kappa shape index (κ2) is 7.20. The van der Waals surface area contributed by atoms with Crippen molar-refractivity contribution in [2.45, 2.75) is 25.8 Å². The molecule has 0 spiro atoms. The van der Waals surface area contributed by atoms with Gasteiger partial charge in [0.05, 0.1) is 23.1 Å². The lowest BCUT2D eigenvalue weighted by Crippen LogP contribution is -2.42. The molecule has 1 aromatic carbocycles. The Hall–Kier alpha value is -2.77. The van der Waals surface area contributed by atoms with E-state index in [1.165, 1.54) is 35.1 Å². The van der Waals surface area contributed by atoms with E-state index in [4.69, 9.17) is 5.11 Å². The molecule has 1 heterocycles. The summed E-state index contributed by atoms with van der Waals surface area (Å²) >= 11 is 0. The monoisotopic (exact) mass is 337 g/mol. The number of carboxylic acid groups (broad SMARTS) is 1. The summed E-state index contributed by atoms with van der Waals surface area (Å²) in [7, 11) is 0. The van der Waals surface area contributed by atoms with Gasteiger partial charge in [-0.1, -0.05) is 13.8 Å². The third kappa shape index (κ3) is 3.58. The Bertz CT molecular complexity index is 742. The molecule has 2 N–H and O–H groups in total. The first kappa shape index (κ1) is 17.6. The molecule has 1 unspecified atom stereocenters. The maximum Gasteiger partial charge on any atom is 0.328 e. The maximum absolute atomic E-state index is 13.1. The largest absolute Gasteiger partial charge is 0.480 e. The summed E-state index contributed by atoms with van der Waals surface area (Å²) in [5.74, 6) is -2.71. The molecule has 0 radical (unpaired) electrons. The number of rotatable bonds is 6. The number of nitrogens with one attached hydrogen (secondary N) is 1. The number of alkyl halides is 1. The lowest BCUT2D eigenvalue weighted by molar-refractivity contribution is -0.139. The molecule has 0 saturated heterocycles. The van der Waals surface area contributed by atoms with E-state index < -0.39 is 30.4 Å². The van der Waals surface area contributed by atoms with Crippen molar-refractivity contribution in [3.8, 4) is 5.69 Å². The van der Waals surface area contributed by atoms with Gasteiger partial charge in [0, 0.05) is 0 Å². The summed E-state index contributed by atoms with van der Waals surface area (Å²) in [5, 5.41) is 15.1. The van der Waals surface area contributed by atoms with Gasteiger partial charge in [-0.2, -0.15) is 5.10 Å². The molecule has 1 amide bonds. The van der Waals surface area contributed by atoms with Gasteiger partial charge in [0.15, 0.2) is 6.04 Å². The van der Waals surface area contributed by atoms with E-state index in [0.29, 0.717) is 11.4 Å². The van der Waals surface area contributed by atoms with Crippen LogP contribution in [0.2, 0.25) is 0 Å². The van der Waals surface area contributed by atoms with Crippen molar-refractivity contribution < 1.29 is 23.5 Å². The molecule has 128 valence electrons. The van der Waals surface area contributed by atoms with Crippen molar-refractivity contribution in [3.63, 3.8) is 0 Å². The number of amides is 1. The minimum absolute atomic E-state index is 0.132. The molecule has 0 bridgehead atoms. The molecule has 6 nitrogen and oxygen atoms in total. The smallest absolute Gasteiger partial charge is 0.328 e. The molecule has 2 rings (SSSR count). The Kier molecular flexibility index (Phi) is 5.28. The molecule has 0 saturated carbocycles. The van der Waals surface area contributed by atoms with Crippen LogP contribution in [0.4, 0.5) is 8.78 Å². The predicted molar refractivity (Wildman–Crippen MR) is 82.5 cm³/mol. The fraction of sp³-hybridized carbons (Fsp3) is 0.312. The number of nitrogens with zero attached hydrogens (tertiary/aromatic N) is 2. The van der Waals surface area contributed by atoms with Gasteiger partial charge < -0.3 is 10.4 Å². The lowest BCUT2D eigenvalue weighted by atomic mass is 10.0. The first-order valence-electron chi connectivity index (χ1n) is 7.28. The van der Waals surface area contributed by atoms with Crippen LogP contribution in [0, 0.1) is 5.82 Å². The van der Waals surface area contributed by atoms with E-state index in [1.807, 2.05) is 13.8 Å². The van der Waals surface area contributed by atoms with Crippen molar-refractivity contribution in [2.24, 2.45) is 0 Å². The minimum Gasteiger partial charge on any atom is -0.480 e. The fourth-order valence-electron chi connectivity index (χ4n) is 2.28. The van der Waals surface area contributed by atoms with Gasteiger partial charge in [0.2, 0.25) is 0 Å². The van der Waals surface area contributed by atoms with Gasteiger partial charge in [-0.3, -0.25) is 4.79 Å². The van der Waals surface area contributed by atoms with Crippen LogP contribution in [0.25, 0.3) is 5.69 Å². The Labute approximate surface area is 137 Å². The first-order valence-corrected chi connectivity index (χ1v) is 7.28. The van der Waals surface area contributed by atoms with Crippen molar-refractivity contribution in [2.75, 3.05) is 6.67 Å². The molecule has 1 aromatic heterocycles. The molecular weight excluding hydrogens is 320 g/mol. The Morgan fingerprint density at radius 2 is 1.92 bits per heavy atom. The van der Waals surface area contributed by atoms with Gasteiger partial charge in [-0.15, -0.1) is 0 Å². The zero-order valence-electron chi connectivity index (χ0n) is 13.2. The minimum atomic E-state index is -1.62. The Morgan fingerprint density at radius 3 is 2.42 bits per heavy atom. The molecule has 0 aliphatic rings. The number of aliphatic carboxylic acids is 1. The zero-order chi connectivity index (χ0) is 17.9. The average molecular weight is 337 g/mol. The number of carboxylic acids is 1. The topological polar surface area (TPSA) is 84.2 Å². The average Bonchev–Trinajstić information content (AvgIpc) is 2.98. The van der Waals surface area contributed by atoms with E-state index >= 15 is 0 Å². The van der Waals surface area contributed by atoms with Crippen LogP contribution in [-0.4, -0.2) is 39.5 Å². The van der Waals surface area contributed by atoms with Gasteiger partial charge >= 0.3 is 5.97 Å². The zero-order valence-corrected chi connectivity index (χ0v) is 13.2. The number of halogens is 2. The van der Waals surface area contributed by atoms with Crippen LogP contribution < -0.4 is 5.32 Å². The van der Waals surface area contributed by atoms with Crippen LogP contribution in [-0.2, 0) is 4.79 Å². The summed E-state index contributed by atoms with van der Waals surface area (Å²) < 4.78 is 27.2. The van der Waals surface area contributed by atoms with Crippen molar-refractivity contribution in [1.82, 2.24) is 15.1 Å². The van der Waals surface area contributed by atoms with Gasteiger partial charge in [-0.05, 0) is 30.2 Å². The van der Waals surface area contributed by atoms with Crippen LogP contribution in [0.1, 0.15) is 35.8 Å². The third-order valence-electron chi connectivity index (χ3n) is 3.43.